The van der Waals surface area contributed by atoms with Gasteiger partial charge in [-0.15, -0.1) is 0 Å². The fourth-order valence-corrected chi connectivity index (χ4v) is 4.63. The maximum absolute atomic E-state index is 12.6. The summed E-state index contributed by atoms with van der Waals surface area (Å²) in [7, 11) is -1.97. The molecule has 8 heteroatoms. The summed E-state index contributed by atoms with van der Waals surface area (Å²) in [6, 6.07) is 5.09. The fourth-order valence-electron chi connectivity index (χ4n) is 1.96. The molecule has 1 aliphatic rings. The minimum Gasteiger partial charge on any atom is -0.374 e. The summed E-state index contributed by atoms with van der Waals surface area (Å²) in [6.07, 6.45) is -0.116. The number of likely N-dealkylation sites (N-methyl/N-ethyl adjacent to an activating group) is 1. The van der Waals surface area contributed by atoms with E-state index < -0.39 is 10.0 Å². The van der Waals surface area contributed by atoms with Crippen molar-refractivity contribution in [3.8, 4) is 0 Å². The van der Waals surface area contributed by atoms with Crippen molar-refractivity contribution in [2.75, 3.05) is 33.3 Å². The van der Waals surface area contributed by atoms with E-state index >= 15 is 0 Å². The van der Waals surface area contributed by atoms with Gasteiger partial charge < -0.3 is 10.1 Å². The first-order valence-electron chi connectivity index (χ1n) is 6.15. The second-order valence-corrected chi connectivity index (χ2v) is 8.34. The van der Waals surface area contributed by atoms with Crippen LogP contribution < -0.4 is 5.32 Å². The van der Waals surface area contributed by atoms with Gasteiger partial charge in [-0.1, -0.05) is 15.9 Å². The van der Waals surface area contributed by atoms with Crippen LogP contribution in [0.15, 0.2) is 32.0 Å². The molecule has 0 aliphatic carbocycles. The summed E-state index contributed by atoms with van der Waals surface area (Å²) in [6.45, 7) is 2.41. The molecule has 1 aliphatic heterocycles. The Bertz CT molecular complexity index is 574. The molecule has 0 radical (unpaired) electrons. The van der Waals surface area contributed by atoms with Gasteiger partial charge in [-0.3, -0.25) is 0 Å². The molecule has 2 rings (SSSR count). The highest BCUT2D eigenvalue weighted by molar-refractivity contribution is 9.11. The zero-order chi connectivity index (χ0) is 14.8. The zero-order valence-corrected chi connectivity index (χ0v) is 15.0. The highest BCUT2D eigenvalue weighted by Gasteiger charge is 2.27. The van der Waals surface area contributed by atoms with Crippen LogP contribution in [0.3, 0.4) is 0 Å². The lowest BCUT2D eigenvalue weighted by atomic mass is 10.3. The van der Waals surface area contributed by atoms with Gasteiger partial charge in [0.15, 0.2) is 0 Å². The molecule has 1 fully saturated rings. The van der Waals surface area contributed by atoms with E-state index in [1.165, 1.54) is 4.31 Å². The van der Waals surface area contributed by atoms with Gasteiger partial charge in [-0.05, 0) is 34.1 Å². The second-order valence-electron chi connectivity index (χ2n) is 4.56. The molecule has 20 heavy (non-hydrogen) atoms. The third-order valence-electron chi connectivity index (χ3n) is 3.05. The third kappa shape index (κ3) is 3.80. The van der Waals surface area contributed by atoms with Crippen molar-refractivity contribution in [1.29, 1.82) is 0 Å². The van der Waals surface area contributed by atoms with E-state index in [2.05, 4.69) is 37.2 Å². The number of rotatable bonds is 4. The first-order valence-corrected chi connectivity index (χ1v) is 9.17. The van der Waals surface area contributed by atoms with Crippen molar-refractivity contribution in [1.82, 2.24) is 9.62 Å². The van der Waals surface area contributed by atoms with E-state index in [4.69, 9.17) is 4.74 Å². The van der Waals surface area contributed by atoms with Crippen LogP contribution in [0.2, 0.25) is 0 Å². The van der Waals surface area contributed by atoms with Crippen LogP contribution in [0.5, 0.6) is 0 Å². The Labute approximate surface area is 136 Å². The first-order chi connectivity index (χ1) is 9.41. The first kappa shape index (κ1) is 16.4. The molecular weight excluding hydrogens is 412 g/mol. The van der Waals surface area contributed by atoms with Crippen LogP contribution >= 0.6 is 31.9 Å². The van der Waals surface area contributed by atoms with Gasteiger partial charge in [-0.2, -0.15) is 4.31 Å². The van der Waals surface area contributed by atoms with Crippen LogP contribution in [0, 0.1) is 0 Å². The Balaban J connectivity index is 2.18. The van der Waals surface area contributed by atoms with Crippen molar-refractivity contribution in [3.63, 3.8) is 0 Å². The number of benzene rings is 1. The molecule has 112 valence electrons. The fraction of sp³-hybridized carbons (Fsp3) is 0.500. The normalized spacial score (nSPS) is 20.3. The summed E-state index contributed by atoms with van der Waals surface area (Å²) >= 11 is 6.59. The van der Waals surface area contributed by atoms with E-state index in [1.54, 1.807) is 25.2 Å². The van der Waals surface area contributed by atoms with Gasteiger partial charge in [0.05, 0.1) is 17.6 Å². The molecule has 0 aromatic heterocycles. The van der Waals surface area contributed by atoms with E-state index in [9.17, 15) is 8.42 Å². The van der Waals surface area contributed by atoms with E-state index in [1.807, 2.05) is 0 Å². The second kappa shape index (κ2) is 6.85. The van der Waals surface area contributed by atoms with Crippen molar-refractivity contribution in [3.05, 3.63) is 27.1 Å². The SMILES string of the molecule is CN(CC1CNCCO1)S(=O)(=O)c1cc(Br)ccc1Br. The lowest BCUT2D eigenvalue weighted by molar-refractivity contribution is 0.0206. The third-order valence-corrected chi connectivity index (χ3v) is 6.36. The number of hydrogen-bond acceptors (Lipinski definition) is 4. The Kier molecular flexibility index (Phi) is 5.61. The number of nitrogens with one attached hydrogen (secondary N) is 1. The molecule has 1 heterocycles. The topological polar surface area (TPSA) is 58.6 Å². The minimum atomic E-state index is -3.54. The highest BCUT2D eigenvalue weighted by atomic mass is 79.9. The minimum absolute atomic E-state index is 0.116. The van der Waals surface area contributed by atoms with Crippen LogP contribution in [-0.4, -0.2) is 52.1 Å². The lowest BCUT2D eigenvalue weighted by Gasteiger charge is -2.27. The van der Waals surface area contributed by atoms with Crippen molar-refractivity contribution >= 4 is 41.9 Å². The number of nitrogens with zero attached hydrogens (tertiary/aromatic N) is 1. The van der Waals surface area contributed by atoms with Crippen LogP contribution in [-0.2, 0) is 14.8 Å². The molecule has 1 N–H and O–H groups in total. The van der Waals surface area contributed by atoms with Gasteiger partial charge in [0, 0.05) is 35.6 Å². The van der Waals surface area contributed by atoms with Crippen LogP contribution in [0.1, 0.15) is 0 Å². The molecule has 0 spiro atoms. The summed E-state index contributed by atoms with van der Waals surface area (Å²) in [5, 5.41) is 3.19. The molecule has 1 atom stereocenters. The average Bonchev–Trinajstić information content (AvgIpc) is 2.42. The Morgan fingerprint density at radius 1 is 1.45 bits per heavy atom. The Morgan fingerprint density at radius 2 is 2.20 bits per heavy atom. The molecule has 1 saturated heterocycles. The van der Waals surface area contributed by atoms with Gasteiger partial charge in [0.2, 0.25) is 10.0 Å². The monoisotopic (exact) mass is 426 g/mol. The molecule has 1 aromatic rings. The number of hydrogen-bond donors (Lipinski definition) is 1. The standard InChI is InChI=1S/C12H16Br2N2O3S/c1-16(8-10-7-15-4-5-19-10)20(17,18)12-6-9(13)2-3-11(12)14/h2-3,6,10,15H,4-5,7-8H2,1H3. The maximum atomic E-state index is 12.6. The molecule has 0 bridgehead atoms. The van der Waals surface area contributed by atoms with Crippen molar-refractivity contribution in [2.24, 2.45) is 0 Å². The molecule has 0 saturated carbocycles. The van der Waals surface area contributed by atoms with Gasteiger partial charge >= 0.3 is 0 Å². The lowest BCUT2D eigenvalue weighted by Crippen LogP contribution is -2.45. The summed E-state index contributed by atoms with van der Waals surface area (Å²) in [4.78, 5) is 0.248. The molecule has 1 aromatic carbocycles. The van der Waals surface area contributed by atoms with E-state index in [0.29, 0.717) is 24.2 Å². The maximum Gasteiger partial charge on any atom is 0.244 e. The zero-order valence-electron chi connectivity index (χ0n) is 11.0. The predicted octanol–water partition coefficient (Wildman–Crippen LogP) is 1.82. The number of sulfonamides is 1. The molecule has 0 amide bonds. The van der Waals surface area contributed by atoms with E-state index in [-0.39, 0.29) is 11.0 Å². The number of halogens is 2. The summed E-state index contributed by atoms with van der Waals surface area (Å²) in [5.74, 6) is 0. The van der Waals surface area contributed by atoms with Gasteiger partial charge in [0.1, 0.15) is 0 Å². The predicted molar refractivity (Wildman–Crippen MR) is 84.3 cm³/mol. The molecule has 1 unspecified atom stereocenters. The number of morpholine rings is 1. The summed E-state index contributed by atoms with van der Waals surface area (Å²) < 4.78 is 33.3. The van der Waals surface area contributed by atoms with E-state index in [0.717, 1.165) is 11.0 Å². The van der Waals surface area contributed by atoms with Crippen LogP contribution in [0.4, 0.5) is 0 Å². The number of ether oxygens (including phenoxy) is 1. The quantitative estimate of drug-likeness (QED) is 0.796. The Hall–Kier alpha value is 0.01000. The van der Waals surface area contributed by atoms with Gasteiger partial charge in [0.25, 0.3) is 0 Å². The molecule has 5 nitrogen and oxygen atoms in total. The van der Waals surface area contributed by atoms with Gasteiger partial charge in [-0.25, -0.2) is 8.42 Å². The smallest absolute Gasteiger partial charge is 0.244 e. The molecular formula is C12H16Br2N2O3S. The Morgan fingerprint density at radius 3 is 2.85 bits per heavy atom. The average molecular weight is 428 g/mol. The van der Waals surface area contributed by atoms with Crippen LogP contribution in [0.25, 0.3) is 0 Å². The summed E-state index contributed by atoms with van der Waals surface area (Å²) in [5.41, 5.74) is 0. The van der Waals surface area contributed by atoms with Crippen molar-refractivity contribution in [2.45, 2.75) is 11.0 Å². The highest BCUT2D eigenvalue weighted by Crippen LogP contribution is 2.27. The largest absolute Gasteiger partial charge is 0.374 e. The van der Waals surface area contributed by atoms with Crippen molar-refractivity contribution < 1.29 is 13.2 Å².